The summed E-state index contributed by atoms with van der Waals surface area (Å²) in [4.78, 5) is 51.1. The minimum Gasteiger partial charge on any atom is -0.507 e. The molecule has 0 unspecified atom stereocenters. The maximum atomic E-state index is 13.1. The van der Waals surface area contributed by atoms with Crippen LogP contribution >= 0.6 is 19.4 Å². The van der Waals surface area contributed by atoms with E-state index in [1.807, 2.05) is 0 Å². The number of ether oxygens (including phenoxy) is 1. The highest BCUT2D eigenvalue weighted by Crippen LogP contribution is 2.45. The van der Waals surface area contributed by atoms with Gasteiger partial charge in [-0.2, -0.15) is 0 Å². The first-order valence-corrected chi connectivity index (χ1v) is 14.3. The molecule has 214 valence electrons. The topological polar surface area (TPSA) is 175 Å². The molecule has 3 rings (SSSR count). The Morgan fingerprint density at radius 2 is 1.95 bits per heavy atom. The summed E-state index contributed by atoms with van der Waals surface area (Å²) < 4.78 is 21.5. The molecule has 1 saturated heterocycles. The van der Waals surface area contributed by atoms with Crippen molar-refractivity contribution in [3.8, 4) is 11.5 Å². The van der Waals surface area contributed by atoms with Gasteiger partial charge in [0.1, 0.15) is 17.4 Å². The predicted octanol–water partition coefficient (Wildman–Crippen LogP) is 3.26. The van der Waals surface area contributed by atoms with E-state index in [-0.39, 0.29) is 53.6 Å². The first-order valence-electron chi connectivity index (χ1n) is 12.4. The Labute approximate surface area is 230 Å². The van der Waals surface area contributed by atoms with E-state index in [1.54, 1.807) is 30.1 Å². The van der Waals surface area contributed by atoms with Crippen LogP contribution in [0.4, 0.5) is 0 Å². The van der Waals surface area contributed by atoms with Gasteiger partial charge >= 0.3 is 13.8 Å². The first-order chi connectivity index (χ1) is 18.4. The number of allylic oxidation sites excluding steroid dienone is 1. The maximum Gasteiger partial charge on any atom is 0.524 e. The van der Waals surface area contributed by atoms with Crippen LogP contribution in [-0.2, 0) is 25.4 Å². The summed E-state index contributed by atoms with van der Waals surface area (Å²) in [7, 11) is -5.08. The van der Waals surface area contributed by atoms with Gasteiger partial charge in [-0.1, -0.05) is 35.0 Å². The molecule has 12 nitrogen and oxygen atoms in total. The van der Waals surface area contributed by atoms with Gasteiger partial charge in [0, 0.05) is 32.0 Å². The Balaban J connectivity index is 2.00. The number of carbonyl (C=O) groups excluding carboxylic acids is 2. The Morgan fingerprint density at radius 1 is 1.23 bits per heavy atom. The molecule has 1 aromatic rings. The number of benzene rings is 1. The molecular formula is C25H32ClN2O10P. The molecule has 2 aliphatic heterocycles. The van der Waals surface area contributed by atoms with E-state index in [1.165, 1.54) is 6.08 Å². The quantitative estimate of drug-likeness (QED) is 0.173. The molecule has 4 N–H and O–H groups in total. The second-order valence-electron chi connectivity index (χ2n) is 9.20. The van der Waals surface area contributed by atoms with E-state index in [9.17, 15) is 34.2 Å². The standard InChI is InChI=1S/C25H32ClN2O10P/c1-16-7-5-9-18(29)10-6-8-17(27-36-15-22(31)28-11-3-2-4-12-28)13-19-23(25(32)37-16)20(30)14-21(24(19)26)38-39(33,34)35/h5-6,8-9,14,16,18,29-30H,2-4,7,10-13,15H2,1H3,(H2,33,34,35)/b8-6+,9-5+,27-17-/t16-,18+/m1/s1. The number of phenols is 1. The van der Waals surface area contributed by atoms with Crippen LogP contribution in [0.15, 0.2) is 35.5 Å². The Kier molecular flexibility index (Phi) is 11.0. The number of likely N-dealkylation sites (tertiary alicyclic amines) is 1. The molecule has 1 fully saturated rings. The fourth-order valence-corrected chi connectivity index (χ4v) is 4.82. The van der Waals surface area contributed by atoms with Crippen LogP contribution in [0.25, 0.3) is 0 Å². The zero-order chi connectivity index (χ0) is 28.6. The Bertz CT molecular complexity index is 1190. The van der Waals surface area contributed by atoms with E-state index in [0.29, 0.717) is 13.1 Å². The molecule has 1 aromatic carbocycles. The smallest absolute Gasteiger partial charge is 0.507 e. The fourth-order valence-electron chi connectivity index (χ4n) is 4.11. The minimum atomic E-state index is -5.08. The molecular weight excluding hydrogens is 555 g/mol. The SMILES string of the molecule is C[C@@H]1C/C=C/[C@H](O)C/C=C/C(=N/OCC(=O)N2CCCCC2)Cc2c(Cl)c(OP(=O)(O)O)cc(O)c2C(=O)O1. The van der Waals surface area contributed by atoms with Gasteiger partial charge in [-0.15, -0.1) is 0 Å². The molecule has 2 heterocycles. The first kappa shape index (κ1) is 30.6. The lowest BCUT2D eigenvalue weighted by molar-refractivity contribution is -0.137. The van der Waals surface area contributed by atoms with Crippen molar-refractivity contribution in [3.63, 3.8) is 0 Å². The lowest BCUT2D eigenvalue weighted by Gasteiger charge is -2.26. The number of carbonyl (C=O) groups is 2. The van der Waals surface area contributed by atoms with Gasteiger partial charge in [-0.05, 0) is 44.2 Å². The number of halogens is 1. The summed E-state index contributed by atoms with van der Waals surface area (Å²) in [6.07, 6.45) is 7.87. The number of fused-ring (bicyclic) bond motifs is 1. The molecule has 0 radical (unpaired) electrons. The molecule has 2 atom stereocenters. The minimum absolute atomic E-state index is 0.0974. The molecule has 1 amide bonds. The van der Waals surface area contributed by atoms with Gasteiger partial charge in [0.25, 0.3) is 5.91 Å². The predicted molar refractivity (Wildman–Crippen MR) is 142 cm³/mol. The molecule has 39 heavy (non-hydrogen) atoms. The van der Waals surface area contributed by atoms with Gasteiger partial charge in [-0.3, -0.25) is 14.6 Å². The summed E-state index contributed by atoms with van der Waals surface area (Å²) in [5.41, 5.74) is -0.317. The van der Waals surface area contributed by atoms with Crippen LogP contribution in [0.1, 0.15) is 54.9 Å². The van der Waals surface area contributed by atoms with Crippen molar-refractivity contribution in [2.45, 2.75) is 57.7 Å². The zero-order valence-electron chi connectivity index (χ0n) is 21.4. The molecule has 0 aliphatic carbocycles. The summed E-state index contributed by atoms with van der Waals surface area (Å²) in [5.74, 6) is -2.44. The van der Waals surface area contributed by atoms with Gasteiger partial charge in [-0.25, -0.2) is 9.36 Å². The number of amides is 1. The van der Waals surface area contributed by atoms with Crippen molar-refractivity contribution in [1.29, 1.82) is 0 Å². The summed E-state index contributed by atoms with van der Waals surface area (Å²) in [6, 6.07) is 0.812. The van der Waals surface area contributed by atoms with Crippen molar-refractivity contribution in [2.24, 2.45) is 5.16 Å². The van der Waals surface area contributed by atoms with Crippen LogP contribution in [0.2, 0.25) is 5.02 Å². The Morgan fingerprint density at radius 3 is 2.64 bits per heavy atom. The highest BCUT2D eigenvalue weighted by molar-refractivity contribution is 7.46. The van der Waals surface area contributed by atoms with Crippen molar-refractivity contribution in [1.82, 2.24) is 4.90 Å². The molecule has 0 aromatic heterocycles. The van der Waals surface area contributed by atoms with E-state index in [0.717, 1.165) is 25.3 Å². The van der Waals surface area contributed by atoms with Gasteiger partial charge < -0.3 is 29.2 Å². The number of nitrogens with zero attached hydrogens (tertiary/aromatic N) is 2. The number of cyclic esters (lactones) is 1. The Hall–Kier alpha value is -2.89. The number of phenolic OH excluding ortho intramolecular Hbond substituents is 1. The number of aromatic hydroxyl groups is 1. The van der Waals surface area contributed by atoms with Crippen molar-refractivity contribution in [3.05, 3.63) is 46.5 Å². The maximum absolute atomic E-state index is 13.1. The number of piperidine rings is 1. The zero-order valence-corrected chi connectivity index (χ0v) is 23.0. The van der Waals surface area contributed by atoms with Crippen LogP contribution in [0.5, 0.6) is 11.5 Å². The van der Waals surface area contributed by atoms with Crippen LogP contribution in [0.3, 0.4) is 0 Å². The summed E-state index contributed by atoms with van der Waals surface area (Å²) in [6.45, 7) is 2.55. The number of aliphatic hydroxyl groups excluding tert-OH is 1. The molecule has 0 bridgehead atoms. The van der Waals surface area contributed by atoms with Crippen LogP contribution in [0, 0.1) is 0 Å². The average molecular weight is 587 g/mol. The number of hydrogen-bond acceptors (Lipinski definition) is 9. The highest BCUT2D eigenvalue weighted by atomic mass is 35.5. The summed E-state index contributed by atoms with van der Waals surface area (Å²) in [5, 5.41) is 24.5. The number of esters is 1. The number of aliphatic hydroxyl groups is 1. The van der Waals surface area contributed by atoms with Crippen molar-refractivity contribution >= 4 is 37.0 Å². The number of hydrogen-bond donors (Lipinski definition) is 4. The molecule has 14 heteroatoms. The third-order valence-corrected chi connectivity index (χ3v) is 6.84. The van der Waals surface area contributed by atoms with Gasteiger partial charge in [0.2, 0.25) is 0 Å². The number of oxime groups is 1. The van der Waals surface area contributed by atoms with Crippen molar-refractivity contribution < 1.29 is 48.3 Å². The van der Waals surface area contributed by atoms with E-state index < -0.39 is 37.5 Å². The van der Waals surface area contributed by atoms with Gasteiger partial charge in [0.15, 0.2) is 12.4 Å². The average Bonchev–Trinajstić information content (AvgIpc) is 2.85. The largest absolute Gasteiger partial charge is 0.524 e. The van der Waals surface area contributed by atoms with Crippen molar-refractivity contribution in [2.75, 3.05) is 19.7 Å². The van der Waals surface area contributed by atoms with E-state index >= 15 is 0 Å². The van der Waals surface area contributed by atoms with Gasteiger partial charge in [0.05, 0.1) is 16.8 Å². The monoisotopic (exact) mass is 586 g/mol. The lowest BCUT2D eigenvalue weighted by atomic mass is 9.99. The molecule has 0 saturated carbocycles. The third-order valence-electron chi connectivity index (χ3n) is 5.99. The third kappa shape index (κ3) is 9.36. The second-order valence-corrected chi connectivity index (χ2v) is 10.7. The lowest BCUT2D eigenvalue weighted by Crippen LogP contribution is -2.37. The number of phosphoric acid groups is 1. The highest BCUT2D eigenvalue weighted by Gasteiger charge is 2.29. The number of phosphoric ester groups is 1. The fraction of sp³-hybridized carbons (Fsp3) is 0.480. The van der Waals surface area contributed by atoms with E-state index in [4.69, 9.17) is 21.2 Å². The molecule has 2 aliphatic rings. The summed E-state index contributed by atoms with van der Waals surface area (Å²) >= 11 is 6.41. The van der Waals surface area contributed by atoms with Crippen LogP contribution in [-0.4, -0.2) is 74.4 Å². The molecule has 0 spiro atoms. The second kappa shape index (κ2) is 14.0. The van der Waals surface area contributed by atoms with Crippen LogP contribution < -0.4 is 4.52 Å². The van der Waals surface area contributed by atoms with E-state index in [2.05, 4.69) is 9.68 Å². The normalized spacial score (nSPS) is 23.8. The number of rotatable bonds is 5.